The fraction of sp³-hybridized carbons (Fsp3) is 0.312. The van der Waals surface area contributed by atoms with Gasteiger partial charge in [-0.05, 0) is 27.7 Å². The molecule has 0 unspecified atom stereocenters. The van der Waals surface area contributed by atoms with E-state index in [0.29, 0.717) is 22.2 Å². The summed E-state index contributed by atoms with van der Waals surface area (Å²) < 4.78 is 1.80. The highest BCUT2D eigenvalue weighted by Crippen LogP contribution is 2.24. The highest BCUT2D eigenvalue weighted by atomic mass is 32.1. The number of hydrogen-bond donors (Lipinski definition) is 1. The van der Waals surface area contributed by atoms with Crippen molar-refractivity contribution in [2.75, 3.05) is 5.32 Å². The Hall–Kier alpha value is -2.61. The first kappa shape index (κ1) is 16.3. The molecule has 1 N–H and O–H groups in total. The lowest BCUT2D eigenvalue weighted by Gasteiger charge is -2.22. The Labute approximate surface area is 143 Å². The molecule has 0 aliphatic heterocycles. The Morgan fingerprint density at radius 2 is 2.08 bits per heavy atom. The summed E-state index contributed by atoms with van der Waals surface area (Å²) in [7, 11) is 0. The Kier molecular flexibility index (Phi) is 4.15. The molecule has 0 aliphatic carbocycles. The van der Waals surface area contributed by atoms with Crippen molar-refractivity contribution in [2.24, 2.45) is 0 Å². The monoisotopic (exact) mass is 342 g/mol. The Bertz CT molecular complexity index is 862. The van der Waals surface area contributed by atoms with E-state index in [1.807, 2.05) is 33.8 Å². The number of anilines is 1. The van der Waals surface area contributed by atoms with Crippen molar-refractivity contribution in [1.82, 2.24) is 24.7 Å². The third-order valence-corrected chi connectivity index (χ3v) is 4.09. The van der Waals surface area contributed by atoms with Crippen molar-refractivity contribution in [3.05, 3.63) is 41.4 Å². The molecule has 0 fully saturated rings. The van der Waals surface area contributed by atoms with Crippen molar-refractivity contribution in [3.63, 3.8) is 0 Å². The Balaban J connectivity index is 1.83. The van der Waals surface area contributed by atoms with Gasteiger partial charge in [-0.25, -0.2) is 9.67 Å². The smallest absolute Gasteiger partial charge is 0.276 e. The number of aromatic nitrogens is 5. The maximum Gasteiger partial charge on any atom is 0.276 e. The molecule has 0 atom stereocenters. The van der Waals surface area contributed by atoms with Gasteiger partial charge in [-0.15, -0.1) is 11.3 Å². The molecule has 3 aromatic rings. The molecular formula is C16H18N6OS. The lowest BCUT2D eigenvalue weighted by Crippen LogP contribution is -2.26. The van der Waals surface area contributed by atoms with Gasteiger partial charge < -0.3 is 5.32 Å². The van der Waals surface area contributed by atoms with Gasteiger partial charge in [0.15, 0.2) is 0 Å². The topological polar surface area (TPSA) is 85.6 Å². The zero-order chi connectivity index (χ0) is 17.3. The van der Waals surface area contributed by atoms with Gasteiger partial charge in [0.25, 0.3) is 5.91 Å². The molecular weight excluding hydrogens is 324 g/mol. The van der Waals surface area contributed by atoms with E-state index >= 15 is 0 Å². The maximum atomic E-state index is 12.5. The molecule has 0 saturated carbocycles. The number of thiazole rings is 1. The van der Waals surface area contributed by atoms with E-state index < -0.39 is 0 Å². The maximum absolute atomic E-state index is 12.5. The standard InChI is InChI=1S/C16H18N6OS/c1-10-7-13(22(21-10)16(2,3)4)20-14(23)12-9-24-15(19-12)11-8-17-5-6-18-11/h5-9H,1-4H3,(H,20,23). The van der Waals surface area contributed by atoms with Crippen LogP contribution < -0.4 is 5.32 Å². The van der Waals surface area contributed by atoms with E-state index in [2.05, 4.69) is 25.4 Å². The summed E-state index contributed by atoms with van der Waals surface area (Å²) >= 11 is 1.36. The third kappa shape index (κ3) is 3.33. The largest absolute Gasteiger partial charge is 0.305 e. The minimum Gasteiger partial charge on any atom is -0.305 e. The lowest BCUT2D eigenvalue weighted by atomic mass is 10.1. The number of nitrogens with one attached hydrogen (secondary N) is 1. The number of carbonyl (C=O) groups is 1. The predicted octanol–water partition coefficient (Wildman–Crippen LogP) is 3.11. The van der Waals surface area contributed by atoms with Crippen LogP contribution in [-0.2, 0) is 5.54 Å². The molecule has 0 saturated heterocycles. The number of amides is 1. The minimum absolute atomic E-state index is 0.232. The first-order valence-corrected chi connectivity index (χ1v) is 8.33. The average molecular weight is 342 g/mol. The van der Waals surface area contributed by atoms with E-state index in [-0.39, 0.29) is 11.4 Å². The normalized spacial score (nSPS) is 11.5. The molecule has 0 aliphatic rings. The second kappa shape index (κ2) is 6.12. The second-order valence-electron chi connectivity index (χ2n) is 6.34. The summed E-state index contributed by atoms with van der Waals surface area (Å²) in [6, 6.07) is 1.85. The van der Waals surface area contributed by atoms with Crippen LogP contribution in [0, 0.1) is 6.92 Å². The van der Waals surface area contributed by atoms with Gasteiger partial charge in [0, 0.05) is 23.8 Å². The lowest BCUT2D eigenvalue weighted by molar-refractivity contribution is 0.102. The molecule has 0 bridgehead atoms. The summed E-state index contributed by atoms with van der Waals surface area (Å²) in [5.41, 5.74) is 1.61. The first-order chi connectivity index (χ1) is 11.3. The van der Waals surface area contributed by atoms with Crippen LogP contribution in [0.25, 0.3) is 10.7 Å². The van der Waals surface area contributed by atoms with Crippen molar-refractivity contribution >= 4 is 23.1 Å². The van der Waals surface area contributed by atoms with E-state index in [1.165, 1.54) is 11.3 Å². The first-order valence-electron chi connectivity index (χ1n) is 7.45. The van der Waals surface area contributed by atoms with Gasteiger partial charge in [0.2, 0.25) is 0 Å². The molecule has 3 rings (SSSR count). The number of hydrogen-bond acceptors (Lipinski definition) is 6. The zero-order valence-electron chi connectivity index (χ0n) is 13.9. The highest BCUT2D eigenvalue weighted by molar-refractivity contribution is 7.13. The second-order valence-corrected chi connectivity index (χ2v) is 7.19. The Morgan fingerprint density at radius 1 is 1.29 bits per heavy atom. The van der Waals surface area contributed by atoms with Crippen LogP contribution in [0.1, 0.15) is 37.0 Å². The van der Waals surface area contributed by atoms with Gasteiger partial charge in [0.1, 0.15) is 22.2 Å². The van der Waals surface area contributed by atoms with Crippen LogP contribution in [0.15, 0.2) is 30.0 Å². The van der Waals surface area contributed by atoms with Crippen LogP contribution in [0.5, 0.6) is 0 Å². The molecule has 8 heteroatoms. The molecule has 24 heavy (non-hydrogen) atoms. The van der Waals surface area contributed by atoms with Gasteiger partial charge in [0.05, 0.1) is 17.4 Å². The summed E-state index contributed by atoms with van der Waals surface area (Å²) in [6.45, 7) is 7.99. The quantitative estimate of drug-likeness (QED) is 0.790. The molecule has 7 nitrogen and oxygen atoms in total. The summed E-state index contributed by atoms with van der Waals surface area (Å²) in [4.78, 5) is 25.1. The molecule has 3 heterocycles. The van der Waals surface area contributed by atoms with Gasteiger partial charge in [-0.1, -0.05) is 0 Å². The van der Waals surface area contributed by atoms with Gasteiger partial charge >= 0.3 is 0 Å². The van der Waals surface area contributed by atoms with Crippen molar-refractivity contribution in [1.29, 1.82) is 0 Å². The van der Waals surface area contributed by atoms with Crippen LogP contribution in [-0.4, -0.2) is 30.6 Å². The summed E-state index contributed by atoms with van der Waals surface area (Å²) in [6.07, 6.45) is 4.82. The molecule has 124 valence electrons. The van der Waals surface area contributed by atoms with Crippen molar-refractivity contribution in [3.8, 4) is 10.7 Å². The highest BCUT2D eigenvalue weighted by Gasteiger charge is 2.21. The average Bonchev–Trinajstić information content (AvgIpc) is 3.14. The van der Waals surface area contributed by atoms with Crippen LogP contribution in [0.4, 0.5) is 5.82 Å². The number of carbonyl (C=O) groups excluding carboxylic acids is 1. The molecule has 1 amide bonds. The fourth-order valence-electron chi connectivity index (χ4n) is 2.19. The number of rotatable bonds is 3. The molecule has 0 radical (unpaired) electrons. The van der Waals surface area contributed by atoms with E-state index in [0.717, 1.165) is 5.69 Å². The molecule has 0 aromatic carbocycles. The minimum atomic E-state index is -0.271. The van der Waals surface area contributed by atoms with E-state index in [9.17, 15) is 4.79 Å². The molecule has 3 aromatic heterocycles. The van der Waals surface area contributed by atoms with Gasteiger partial charge in [-0.2, -0.15) is 5.10 Å². The predicted molar refractivity (Wildman–Crippen MR) is 93.1 cm³/mol. The van der Waals surface area contributed by atoms with E-state index in [4.69, 9.17) is 0 Å². The zero-order valence-corrected chi connectivity index (χ0v) is 14.8. The van der Waals surface area contributed by atoms with E-state index in [1.54, 1.807) is 28.7 Å². The van der Waals surface area contributed by atoms with Crippen LogP contribution in [0.2, 0.25) is 0 Å². The SMILES string of the molecule is Cc1cc(NC(=O)c2csc(-c3cnccn3)n2)n(C(C)(C)C)n1. The van der Waals surface area contributed by atoms with Crippen molar-refractivity contribution < 1.29 is 4.79 Å². The van der Waals surface area contributed by atoms with Crippen LogP contribution in [0.3, 0.4) is 0 Å². The Morgan fingerprint density at radius 3 is 2.75 bits per heavy atom. The number of aryl methyl sites for hydroxylation is 1. The summed E-state index contributed by atoms with van der Waals surface area (Å²) in [5.74, 6) is 0.380. The van der Waals surface area contributed by atoms with Crippen LogP contribution >= 0.6 is 11.3 Å². The summed E-state index contributed by atoms with van der Waals surface area (Å²) in [5, 5.41) is 9.71. The fourth-order valence-corrected chi connectivity index (χ4v) is 2.95. The molecule has 0 spiro atoms. The van der Waals surface area contributed by atoms with Crippen molar-refractivity contribution in [2.45, 2.75) is 33.2 Å². The van der Waals surface area contributed by atoms with Gasteiger partial charge in [-0.3, -0.25) is 14.8 Å². The third-order valence-electron chi connectivity index (χ3n) is 3.23. The number of nitrogens with zero attached hydrogens (tertiary/aromatic N) is 5.